The van der Waals surface area contributed by atoms with Crippen LogP contribution in [0.5, 0.6) is 0 Å². The van der Waals surface area contributed by atoms with E-state index in [0.29, 0.717) is 0 Å². The van der Waals surface area contributed by atoms with Crippen molar-refractivity contribution in [3.63, 3.8) is 0 Å². The Morgan fingerprint density at radius 1 is 1.33 bits per heavy atom. The van der Waals surface area contributed by atoms with Crippen molar-refractivity contribution in [3.8, 4) is 0 Å². The topological polar surface area (TPSA) is 37.8 Å². The number of imidazole rings is 1. The van der Waals surface area contributed by atoms with Crippen molar-refractivity contribution < 1.29 is 0 Å². The van der Waals surface area contributed by atoms with Crippen LogP contribution in [0.15, 0.2) is 41.5 Å². The summed E-state index contributed by atoms with van der Waals surface area (Å²) in [5, 5.41) is 0. The highest BCUT2D eigenvalue weighted by Gasteiger charge is 2.10. The molecule has 3 nitrogen and oxygen atoms in total. The van der Waals surface area contributed by atoms with Gasteiger partial charge in [0.05, 0.1) is 6.04 Å². The molecule has 1 aromatic heterocycles. The molecule has 0 aliphatic heterocycles. The summed E-state index contributed by atoms with van der Waals surface area (Å²) in [6, 6.07) is 8.19. The number of hydrogen-bond acceptors (Lipinski definition) is 1. The Balaban J connectivity index is 2.45. The number of aromatic amines is 1. The van der Waals surface area contributed by atoms with Crippen LogP contribution in [0.25, 0.3) is 0 Å². The Labute approximate surface area is 88.4 Å². The molecule has 0 saturated carbocycles. The molecule has 1 aromatic carbocycles. The summed E-state index contributed by atoms with van der Waals surface area (Å²) in [6.45, 7) is 4.08. The van der Waals surface area contributed by atoms with Crippen LogP contribution in [0.2, 0.25) is 0 Å². The average Bonchev–Trinajstić information content (AvgIpc) is 2.64. The molecule has 0 amide bonds. The van der Waals surface area contributed by atoms with Crippen molar-refractivity contribution in [1.82, 2.24) is 9.55 Å². The van der Waals surface area contributed by atoms with Gasteiger partial charge < -0.3 is 4.98 Å². The molecule has 1 N–H and O–H groups in total. The minimum Gasteiger partial charge on any atom is -0.313 e. The summed E-state index contributed by atoms with van der Waals surface area (Å²) < 4.78 is 1.70. The van der Waals surface area contributed by atoms with Crippen LogP contribution in [-0.4, -0.2) is 9.55 Å². The number of aryl methyl sites for hydroxylation is 1. The van der Waals surface area contributed by atoms with Gasteiger partial charge in [0.25, 0.3) is 0 Å². The van der Waals surface area contributed by atoms with E-state index in [2.05, 4.69) is 24.0 Å². The van der Waals surface area contributed by atoms with E-state index in [1.165, 1.54) is 11.1 Å². The Morgan fingerprint density at radius 3 is 2.67 bits per heavy atom. The number of hydrogen-bond donors (Lipinski definition) is 1. The number of nitrogens with zero attached hydrogens (tertiary/aromatic N) is 1. The average molecular weight is 202 g/mol. The Bertz CT molecular complexity index is 510. The zero-order valence-electron chi connectivity index (χ0n) is 8.90. The maximum Gasteiger partial charge on any atom is 0.326 e. The van der Waals surface area contributed by atoms with Gasteiger partial charge in [-0.05, 0) is 25.0 Å². The molecule has 0 fully saturated rings. The molecule has 0 radical (unpaired) electrons. The highest BCUT2D eigenvalue weighted by molar-refractivity contribution is 5.28. The van der Waals surface area contributed by atoms with Crippen LogP contribution < -0.4 is 5.69 Å². The highest BCUT2D eigenvalue weighted by Crippen LogP contribution is 2.19. The van der Waals surface area contributed by atoms with E-state index >= 15 is 0 Å². The van der Waals surface area contributed by atoms with Crippen molar-refractivity contribution in [1.29, 1.82) is 0 Å². The fourth-order valence-corrected chi connectivity index (χ4v) is 1.84. The van der Waals surface area contributed by atoms with Crippen molar-refractivity contribution in [2.75, 3.05) is 0 Å². The van der Waals surface area contributed by atoms with Crippen molar-refractivity contribution in [2.45, 2.75) is 19.9 Å². The van der Waals surface area contributed by atoms with Gasteiger partial charge in [0.15, 0.2) is 0 Å². The molecule has 0 aliphatic carbocycles. The SMILES string of the molecule is Cc1ccccc1C(C)n1cc[nH]c1=O. The zero-order valence-corrected chi connectivity index (χ0v) is 8.90. The van der Waals surface area contributed by atoms with Gasteiger partial charge in [-0.15, -0.1) is 0 Å². The normalized spacial score (nSPS) is 12.7. The van der Waals surface area contributed by atoms with E-state index in [4.69, 9.17) is 0 Å². The molecular weight excluding hydrogens is 188 g/mol. The summed E-state index contributed by atoms with van der Waals surface area (Å²) in [7, 11) is 0. The van der Waals surface area contributed by atoms with Gasteiger partial charge in [0.2, 0.25) is 0 Å². The predicted octanol–water partition coefficient (Wildman–Crippen LogP) is 2.09. The maximum absolute atomic E-state index is 11.5. The molecule has 78 valence electrons. The highest BCUT2D eigenvalue weighted by atomic mass is 16.1. The Morgan fingerprint density at radius 2 is 2.07 bits per heavy atom. The summed E-state index contributed by atoms with van der Waals surface area (Å²) in [4.78, 5) is 14.1. The summed E-state index contributed by atoms with van der Waals surface area (Å²) >= 11 is 0. The van der Waals surface area contributed by atoms with Gasteiger partial charge in [-0.1, -0.05) is 24.3 Å². The van der Waals surface area contributed by atoms with E-state index in [1.54, 1.807) is 17.0 Å². The number of nitrogens with one attached hydrogen (secondary N) is 1. The molecule has 1 atom stereocenters. The van der Waals surface area contributed by atoms with Crippen molar-refractivity contribution in [3.05, 3.63) is 58.3 Å². The second-order valence-corrected chi connectivity index (χ2v) is 3.71. The first kappa shape index (κ1) is 9.77. The second kappa shape index (κ2) is 3.77. The first-order valence-corrected chi connectivity index (χ1v) is 5.01. The van der Waals surface area contributed by atoms with Gasteiger partial charge in [0.1, 0.15) is 0 Å². The molecule has 0 aliphatic rings. The number of aromatic nitrogens is 2. The molecular formula is C12H14N2O. The third-order valence-electron chi connectivity index (χ3n) is 2.73. The quantitative estimate of drug-likeness (QED) is 0.795. The maximum atomic E-state index is 11.5. The van der Waals surface area contributed by atoms with Gasteiger partial charge in [0, 0.05) is 12.4 Å². The largest absolute Gasteiger partial charge is 0.326 e. The molecule has 1 unspecified atom stereocenters. The molecule has 0 saturated heterocycles. The lowest BCUT2D eigenvalue weighted by molar-refractivity contribution is 0.614. The third kappa shape index (κ3) is 1.73. The Kier molecular flexibility index (Phi) is 2.46. The number of H-pyrrole nitrogens is 1. The molecule has 2 rings (SSSR count). The van der Waals surface area contributed by atoms with Crippen LogP contribution in [0.4, 0.5) is 0 Å². The van der Waals surface area contributed by atoms with Crippen LogP contribution >= 0.6 is 0 Å². The number of rotatable bonds is 2. The first-order chi connectivity index (χ1) is 7.20. The smallest absolute Gasteiger partial charge is 0.313 e. The standard InChI is InChI=1S/C12H14N2O/c1-9-5-3-4-6-11(9)10(2)14-8-7-13-12(14)15/h3-8,10H,1-2H3,(H,13,15). The van der Waals surface area contributed by atoms with Gasteiger partial charge in [-0.3, -0.25) is 4.57 Å². The lowest BCUT2D eigenvalue weighted by Gasteiger charge is -2.14. The van der Waals surface area contributed by atoms with Crippen LogP contribution in [0, 0.1) is 6.92 Å². The molecule has 3 heteroatoms. The van der Waals surface area contributed by atoms with E-state index in [-0.39, 0.29) is 11.7 Å². The zero-order chi connectivity index (χ0) is 10.8. The Hall–Kier alpha value is -1.77. The fraction of sp³-hybridized carbons (Fsp3) is 0.250. The van der Waals surface area contributed by atoms with Crippen molar-refractivity contribution in [2.24, 2.45) is 0 Å². The van der Waals surface area contributed by atoms with Crippen LogP contribution in [0.3, 0.4) is 0 Å². The van der Waals surface area contributed by atoms with E-state index in [0.717, 1.165) is 0 Å². The van der Waals surface area contributed by atoms with Crippen LogP contribution in [0.1, 0.15) is 24.1 Å². The van der Waals surface area contributed by atoms with Gasteiger partial charge in [-0.2, -0.15) is 0 Å². The van der Waals surface area contributed by atoms with Gasteiger partial charge in [-0.25, -0.2) is 4.79 Å². The van der Waals surface area contributed by atoms with Crippen LogP contribution in [-0.2, 0) is 0 Å². The molecule has 2 aromatic rings. The summed E-state index contributed by atoms with van der Waals surface area (Å²) in [6.07, 6.45) is 3.44. The minimum absolute atomic E-state index is 0.0641. The monoisotopic (exact) mass is 202 g/mol. The summed E-state index contributed by atoms with van der Waals surface area (Å²) in [5.74, 6) is 0. The lowest BCUT2D eigenvalue weighted by Crippen LogP contribution is -2.21. The lowest BCUT2D eigenvalue weighted by atomic mass is 10.0. The number of benzene rings is 1. The molecule has 0 spiro atoms. The van der Waals surface area contributed by atoms with Gasteiger partial charge >= 0.3 is 5.69 Å². The van der Waals surface area contributed by atoms with E-state index in [1.807, 2.05) is 19.1 Å². The minimum atomic E-state index is -0.0641. The van der Waals surface area contributed by atoms with E-state index in [9.17, 15) is 4.79 Å². The molecule has 1 heterocycles. The molecule has 0 bridgehead atoms. The van der Waals surface area contributed by atoms with E-state index < -0.39 is 0 Å². The first-order valence-electron chi connectivity index (χ1n) is 5.01. The third-order valence-corrected chi connectivity index (χ3v) is 2.73. The molecule has 15 heavy (non-hydrogen) atoms. The fourth-order valence-electron chi connectivity index (χ4n) is 1.84. The second-order valence-electron chi connectivity index (χ2n) is 3.71. The van der Waals surface area contributed by atoms with Crippen molar-refractivity contribution >= 4 is 0 Å². The predicted molar refractivity (Wildman–Crippen MR) is 60.0 cm³/mol. The summed E-state index contributed by atoms with van der Waals surface area (Å²) in [5.41, 5.74) is 2.32.